The van der Waals surface area contributed by atoms with Gasteiger partial charge in [-0.05, 0) is 38.0 Å². The highest BCUT2D eigenvalue weighted by Crippen LogP contribution is 2.26. The molecule has 8 nitrogen and oxygen atoms in total. The lowest BCUT2D eigenvalue weighted by Gasteiger charge is -2.16. The minimum Gasteiger partial charge on any atom is -0.508 e. The predicted molar refractivity (Wildman–Crippen MR) is 108 cm³/mol. The van der Waals surface area contributed by atoms with Crippen molar-refractivity contribution in [3.8, 4) is 5.75 Å². The number of aryl methyl sites for hydroxylation is 1. The Hall–Kier alpha value is -2.94. The first-order valence-corrected chi connectivity index (χ1v) is 10.2. The number of anilines is 1. The second-order valence-electron chi connectivity index (χ2n) is 6.80. The van der Waals surface area contributed by atoms with Crippen LogP contribution < -0.4 is 5.32 Å². The third kappa shape index (κ3) is 5.11. The van der Waals surface area contributed by atoms with Crippen LogP contribution in [0.15, 0.2) is 24.3 Å². The minimum atomic E-state index is -0.461. The van der Waals surface area contributed by atoms with E-state index in [9.17, 15) is 19.5 Å². The van der Waals surface area contributed by atoms with Crippen LogP contribution in [0, 0.1) is 12.8 Å². The summed E-state index contributed by atoms with van der Waals surface area (Å²) in [5.74, 6) is -1.07. The highest BCUT2D eigenvalue weighted by molar-refractivity contribution is 7.17. The summed E-state index contributed by atoms with van der Waals surface area (Å²) < 4.78 is 4.98. The zero-order chi connectivity index (χ0) is 21.0. The molecule has 3 rings (SSSR count). The molecule has 1 aromatic heterocycles. The van der Waals surface area contributed by atoms with Gasteiger partial charge in [0.05, 0.1) is 18.2 Å². The fraction of sp³-hybridized carbons (Fsp3) is 0.400. The van der Waals surface area contributed by atoms with Gasteiger partial charge in [0.25, 0.3) is 0 Å². The van der Waals surface area contributed by atoms with Gasteiger partial charge in [0.2, 0.25) is 11.8 Å². The van der Waals surface area contributed by atoms with Gasteiger partial charge in [0.15, 0.2) is 5.13 Å². The fourth-order valence-electron chi connectivity index (χ4n) is 3.13. The number of ether oxygens (including phenoxy) is 1. The average molecular weight is 417 g/mol. The van der Waals surface area contributed by atoms with Crippen LogP contribution >= 0.6 is 11.3 Å². The summed E-state index contributed by atoms with van der Waals surface area (Å²) in [6.07, 6.45) is 0.797. The Morgan fingerprint density at radius 3 is 2.76 bits per heavy atom. The number of carbonyl (C=O) groups is 3. The van der Waals surface area contributed by atoms with Gasteiger partial charge in [-0.2, -0.15) is 0 Å². The molecule has 1 aliphatic heterocycles. The van der Waals surface area contributed by atoms with Crippen LogP contribution in [-0.4, -0.2) is 52.5 Å². The maximum absolute atomic E-state index is 12.6. The van der Waals surface area contributed by atoms with Crippen molar-refractivity contribution in [2.75, 3.05) is 25.0 Å². The van der Waals surface area contributed by atoms with Crippen LogP contribution in [-0.2, 0) is 20.7 Å². The van der Waals surface area contributed by atoms with Crippen molar-refractivity contribution >= 4 is 34.3 Å². The van der Waals surface area contributed by atoms with Gasteiger partial charge < -0.3 is 20.1 Å². The number of phenols is 1. The number of nitrogens with one attached hydrogen (secondary N) is 1. The van der Waals surface area contributed by atoms with E-state index in [-0.39, 0.29) is 30.6 Å². The standard InChI is InChI=1S/C20H23N3O5S/c1-3-28-19(27)17-12(2)21-20(29-17)22-18(26)14-10-16(25)23(11-14)9-8-13-4-6-15(24)7-5-13/h4-7,14,24H,3,8-11H2,1-2H3,(H,21,22,26)/t14-/m0/s1. The quantitative estimate of drug-likeness (QED) is 0.670. The van der Waals surface area contributed by atoms with Crippen molar-refractivity contribution in [2.24, 2.45) is 5.92 Å². The van der Waals surface area contributed by atoms with Crippen LogP contribution in [0.2, 0.25) is 0 Å². The lowest BCUT2D eigenvalue weighted by atomic mass is 10.1. The number of esters is 1. The Bertz CT molecular complexity index is 909. The van der Waals surface area contributed by atoms with Crippen LogP contribution in [0.4, 0.5) is 5.13 Å². The van der Waals surface area contributed by atoms with Gasteiger partial charge in [-0.25, -0.2) is 9.78 Å². The van der Waals surface area contributed by atoms with Gasteiger partial charge >= 0.3 is 5.97 Å². The summed E-state index contributed by atoms with van der Waals surface area (Å²) in [6.45, 7) is 4.53. The molecule has 2 heterocycles. The van der Waals surface area contributed by atoms with Crippen molar-refractivity contribution in [1.82, 2.24) is 9.88 Å². The molecule has 0 unspecified atom stereocenters. The first-order valence-electron chi connectivity index (χ1n) is 9.38. The van der Waals surface area contributed by atoms with Gasteiger partial charge in [-0.15, -0.1) is 0 Å². The highest BCUT2D eigenvalue weighted by Gasteiger charge is 2.34. The van der Waals surface area contributed by atoms with E-state index in [1.54, 1.807) is 30.9 Å². The van der Waals surface area contributed by atoms with E-state index >= 15 is 0 Å². The zero-order valence-corrected chi connectivity index (χ0v) is 17.1. The Morgan fingerprint density at radius 2 is 2.07 bits per heavy atom. The fourth-order valence-corrected chi connectivity index (χ4v) is 4.00. The van der Waals surface area contributed by atoms with E-state index in [1.807, 2.05) is 12.1 Å². The molecule has 29 heavy (non-hydrogen) atoms. The van der Waals surface area contributed by atoms with E-state index in [0.29, 0.717) is 35.2 Å². The Labute approximate surface area is 172 Å². The molecule has 0 bridgehead atoms. The Kier molecular flexibility index (Phi) is 6.48. The predicted octanol–water partition coefficient (Wildman–Crippen LogP) is 2.36. The molecule has 1 saturated heterocycles. The lowest BCUT2D eigenvalue weighted by Crippen LogP contribution is -2.30. The number of benzene rings is 1. The molecule has 154 valence electrons. The van der Waals surface area contributed by atoms with Crippen molar-refractivity contribution in [3.05, 3.63) is 40.4 Å². The number of aromatic nitrogens is 1. The summed E-state index contributed by atoms with van der Waals surface area (Å²) >= 11 is 1.07. The summed E-state index contributed by atoms with van der Waals surface area (Å²) in [6, 6.07) is 6.84. The number of aromatic hydroxyl groups is 1. The van der Waals surface area contributed by atoms with E-state index in [1.165, 1.54) is 0 Å². The summed E-state index contributed by atoms with van der Waals surface area (Å²) in [4.78, 5) is 43.0. The molecule has 2 aromatic rings. The van der Waals surface area contributed by atoms with Crippen LogP contribution in [0.1, 0.15) is 34.3 Å². The monoisotopic (exact) mass is 417 g/mol. The highest BCUT2D eigenvalue weighted by atomic mass is 32.1. The van der Waals surface area contributed by atoms with Gasteiger partial charge in [-0.1, -0.05) is 23.5 Å². The molecule has 1 atom stereocenters. The van der Waals surface area contributed by atoms with Crippen molar-refractivity contribution in [2.45, 2.75) is 26.7 Å². The number of thiazole rings is 1. The summed E-state index contributed by atoms with van der Waals surface area (Å²) in [5, 5.41) is 12.4. The number of hydrogen-bond donors (Lipinski definition) is 2. The molecular formula is C20H23N3O5S. The van der Waals surface area contributed by atoms with E-state index in [2.05, 4.69) is 10.3 Å². The maximum atomic E-state index is 12.6. The topological polar surface area (TPSA) is 109 Å². The lowest BCUT2D eigenvalue weighted by molar-refractivity contribution is -0.128. The Morgan fingerprint density at radius 1 is 1.34 bits per heavy atom. The van der Waals surface area contributed by atoms with Crippen LogP contribution in [0.5, 0.6) is 5.75 Å². The largest absolute Gasteiger partial charge is 0.508 e. The number of phenolic OH excluding ortho intramolecular Hbond substituents is 1. The second-order valence-corrected chi connectivity index (χ2v) is 7.80. The summed E-state index contributed by atoms with van der Waals surface area (Å²) in [5.41, 5.74) is 1.51. The van der Waals surface area contributed by atoms with Crippen molar-refractivity contribution < 1.29 is 24.2 Å². The molecule has 0 aliphatic carbocycles. The second kappa shape index (κ2) is 9.04. The molecule has 0 saturated carbocycles. The molecule has 0 spiro atoms. The number of amides is 2. The normalized spacial score (nSPS) is 16.1. The first-order chi connectivity index (χ1) is 13.9. The van der Waals surface area contributed by atoms with Gasteiger partial charge in [0, 0.05) is 19.5 Å². The number of likely N-dealkylation sites (tertiary alicyclic amines) is 1. The van der Waals surface area contributed by atoms with Gasteiger partial charge in [-0.3, -0.25) is 9.59 Å². The minimum absolute atomic E-state index is 0.0635. The van der Waals surface area contributed by atoms with Crippen LogP contribution in [0.3, 0.4) is 0 Å². The number of rotatable bonds is 7. The summed E-state index contributed by atoms with van der Waals surface area (Å²) in [7, 11) is 0. The average Bonchev–Trinajstić information content (AvgIpc) is 3.24. The van der Waals surface area contributed by atoms with E-state index < -0.39 is 11.9 Å². The first kappa shape index (κ1) is 20.8. The van der Waals surface area contributed by atoms with Crippen molar-refractivity contribution in [3.63, 3.8) is 0 Å². The molecule has 1 aliphatic rings. The molecule has 1 fully saturated rings. The van der Waals surface area contributed by atoms with E-state index in [0.717, 1.165) is 16.9 Å². The van der Waals surface area contributed by atoms with Gasteiger partial charge in [0.1, 0.15) is 10.6 Å². The molecular weight excluding hydrogens is 394 g/mol. The third-order valence-electron chi connectivity index (χ3n) is 4.68. The number of hydrogen-bond acceptors (Lipinski definition) is 7. The smallest absolute Gasteiger partial charge is 0.350 e. The molecule has 2 N–H and O–H groups in total. The number of nitrogens with zero attached hydrogens (tertiary/aromatic N) is 2. The SMILES string of the molecule is CCOC(=O)c1sc(NC(=O)[C@H]2CC(=O)N(CCc3ccc(O)cc3)C2)nc1C. The van der Waals surface area contributed by atoms with Crippen molar-refractivity contribution in [1.29, 1.82) is 0 Å². The molecule has 0 radical (unpaired) electrons. The number of carbonyl (C=O) groups excluding carboxylic acids is 3. The molecule has 9 heteroatoms. The molecule has 1 aromatic carbocycles. The molecule has 2 amide bonds. The van der Waals surface area contributed by atoms with Crippen LogP contribution in [0.25, 0.3) is 0 Å². The van der Waals surface area contributed by atoms with E-state index in [4.69, 9.17) is 4.74 Å². The Balaban J connectivity index is 1.55. The third-order valence-corrected chi connectivity index (χ3v) is 5.73. The zero-order valence-electron chi connectivity index (χ0n) is 16.3. The maximum Gasteiger partial charge on any atom is 0.350 e.